The highest BCUT2D eigenvalue weighted by Gasteiger charge is 2.22. The number of hydrogen-bond donors (Lipinski definition) is 1. The molecule has 0 spiro atoms. The Balaban J connectivity index is 2.45. The summed E-state index contributed by atoms with van der Waals surface area (Å²) < 4.78 is 26.1. The Hall–Kier alpha value is -2.08. The molecule has 2 N–H and O–H groups in total. The molecule has 6 heteroatoms. The molecule has 0 bridgehead atoms. The van der Waals surface area contributed by atoms with Crippen LogP contribution in [0.15, 0.2) is 24.4 Å². The van der Waals surface area contributed by atoms with Gasteiger partial charge in [0.1, 0.15) is 17.3 Å². The largest absolute Gasteiger partial charge is 0.497 e. The second-order valence-electron chi connectivity index (χ2n) is 4.28. The standard InChI is InChI=1S/C14H18FN3O2/c1-4-18-14(12(20-3)8-17-18)13(16)10-6-5-9(19-2)7-11(10)15/h5-8,13H,4,16H2,1-3H3. The first-order valence-electron chi connectivity index (χ1n) is 6.31. The Morgan fingerprint density at radius 2 is 2.10 bits per heavy atom. The highest BCUT2D eigenvalue weighted by Crippen LogP contribution is 2.30. The fraction of sp³-hybridized carbons (Fsp3) is 0.357. The zero-order valence-corrected chi connectivity index (χ0v) is 11.8. The second kappa shape index (κ2) is 5.92. The van der Waals surface area contributed by atoms with E-state index in [-0.39, 0.29) is 0 Å². The van der Waals surface area contributed by atoms with Gasteiger partial charge < -0.3 is 15.2 Å². The van der Waals surface area contributed by atoms with Crippen LogP contribution in [0.4, 0.5) is 4.39 Å². The molecule has 0 saturated heterocycles. The molecule has 0 saturated carbocycles. The lowest BCUT2D eigenvalue weighted by molar-refractivity contribution is 0.402. The van der Waals surface area contributed by atoms with E-state index < -0.39 is 11.9 Å². The van der Waals surface area contributed by atoms with E-state index in [1.807, 2.05) is 6.92 Å². The van der Waals surface area contributed by atoms with E-state index in [9.17, 15) is 4.39 Å². The van der Waals surface area contributed by atoms with Crippen molar-refractivity contribution in [1.82, 2.24) is 9.78 Å². The predicted molar refractivity (Wildman–Crippen MR) is 73.4 cm³/mol. The van der Waals surface area contributed by atoms with Gasteiger partial charge in [-0.15, -0.1) is 0 Å². The molecule has 1 heterocycles. The summed E-state index contributed by atoms with van der Waals surface area (Å²) in [5.41, 5.74) is 7.21. The Bertz CT molecular complexity index is 577. The van der Waals surface area contributed by atoms with E-state index in [1.165, 1.54) is 20.3 Å². The quantitative estimate of drug-likeness (QED) is 0.910. The van der Waals surface area contributed by atoms with E-state index in [1.54, 1.807) is 23.0 Å². The minimum absolute atomic E-state index is 0.374. The zero-order valence-electron chi connectivity index (χ0n) is 11.8. The highest BCUT2D eigenvalue weighted by atomic mass is 19.1. The summed E-state index contributed by atoms with van der Waals surface area (Å²) in [5.74, 6) is 0.590. The number of rotatable bonds is 5. The molecule has 108 valence electrons. The molecule has 1 aromatic carbocycles. The average Bonchev–Trinajstić information content (AvgIpc) is 2.89. The number of aryl methyl sites for hydroxylation is 1. The molecular formula is C14H18FN3O2. The van der Waals surface area contributed by atoms with Crippen molar-refractivity contribution >= 4 is 0 Å². The molecule has 0 aliphatic carbocycles. The van der Waals surface area contributed by atoms with Gasteiger partial charge >= 0.3 is 0 Å². The van der Waals surface area contributed by atoms with Gasteiger partial charge in [0.25, 0.3) is 0 Å². The van der Waals surface area contributed by atoms with Gasteiger partial charge in [0.05, 0.1) is 26.5 Å². The van der Waals surface area contributed by atoms with Crippen molar-refractivity contribution in [1.29, 1.82) is 0 Å². The Morgan fingerprint density at radius 3 is 2.65 bits per heavy atom. The van der Waals surface area contributed by atoms with Crippen molar-refractivity contribution in [3.63, 3.8) is 0 Å². The maximum Gasteiger partial charge on any atom is 0.161 e. The molecule has 0 fully saturated rings. The molecule has 0 amide bonds. The number of halogens is 1. The van der Waals surface area contributed by atoms with Crippen molar-refractivity contribution in [3.05, 3.63) is 41.5 Å². The number of hydrogen-bond acceptors (Lipinski definition) is 4. The molecular weight excluding hydrogens is 261 g/mol. The molecule has 1 aromatic heterocycles. The summed E-state index contributed by atoms with van der Waals surface area (Å²) in [6, 6.07) is 3.95. The summed E-state index contributed by atoms with van der Waals surface area (Å²) in [6.45, 7) is 2.57. The third kappa shape index (κ3) is 2.46. The lowest BCUT2D eigenvalue weighted by Crippen LogP contribution is -2.19. The van der Waals surface area contributed by atoms with Crippen LogP contribution < -0.4 is 15.2 Å². The maximum absolute atomic E-state index is 14.1. The summed E-state index contributed by atoms with van der Waals surface area (Å²) in [6.07, 6.45) is 1.58. The van der Waals surface area contributed by atoms with Gasteiger partial charge in [0.15, 0.2) is 5.75 Å². The van der Waals surface area contributed by atoms with Crippen LogP contribution in [0.2, 0.25) is 0 Å². The van der Waals surface area contributed by atoms with Gasteiger partial charge in [0.2, 0.25) is 0 Å². The maximum atomic E-state index is 14.1. The predicted octanol–water partition coefficient (Wildman–Crippen LogP) is 2.11. The molecule has 20 heavy (non-hydrogen) atoms. The third-order valence-electron chi connectivity index (χ3n) is 3.20. The van der Waals surface area contributed by atoms with Crippen LogP contribution in [0.25, 0.3) is 0 Å². The van der Waals surface area contributed by atoms with E-state index in [2.05, 4.69) is 5.10 Å². The SMILES string of the molecule is CCn1ncc(OC)c1C(N)c1ccc(OC)cc1F. The van der Waals surface area contributed by atoms with Crippen LogP contribution in [0.5, 0.6) is 11.5 Å². The second-order valence-corrected chi connectivity index (χ2v) is 4.28. The van der Waals surface area contributed by atoms with Gasteiger partial charge in [-0.25, -0.2) is 4.39 Å². The third-order valence-corrected chi connectivity index (χ3v) is 3.20. The van der Waals surface area contributed by atoms with Crippen molar-refractivity contribution in [2.75, 3.05) is 14.2 Å². The Morgan fingerprint density at radius 1 is 1.35 bits per heavy atom. The van der Waals surface area contributed by atoms with Gasteiger partial charge in [-0.1, -0.05) is 6.07 Å². The summed E-state index contributed by atoms with van der Waals surface area (Å²) in [5, 5.41) is 4.18. The van der Waals surface area contributed by atoms with Gasteiger partial charge in [0, 0.05) is 18.2 Å². The summed E-state index contributed by atoms with van der Waals surface area (Å²) in [4.78, 5) is 0. The van der Waals surface area contributed by atoms with E-state index in [0.717, 1.165) is 0 Å². The highest BCUT2D eigenvalue weighted by molar-refractivity contribution is 5.39. The van der Waals surface area contributed by atoms with Crippen LogP contribution in [0.1, 0.15) is 24.2 Å². The van der Waals surface area contributed by atoms with Crippen molar-refractivity contribution in [2.45, 2.75) is 19.5 Å². The lowest BCUT2D eigenvalue weighted by Gasteiger charge is -2.16. The molecule has 1 atom stereocenters. The van der Waals surface area contributed by atoms with Gasteiger partial charge in [-0.2, -0.15) is 5.10 Å². The number of benzene rings is 1. The van der Waals surface area contributed by atoms with Crippen molar-refractivity contribution in [2.24, 2.45) is 5.73 Å². The lowest BCUT2D eigenvalue weighted by atomic mass is 10.0. The van der Waals surface area contributed by atoms with Crippen molar-refractivity contribution in [3.8, 4) is 11.5 Å². The first-order chi connectivity index (χ1) is 9.62. The van der Waals surface area contributed by atoms with Crippen LogP contribution in [0.3, 0.4) is 0 Å². The molecule has 0 aliphatic rings. The fourth-order valence-electron chi connectivity index (χ4n) is 2.14. The molecule has 0 radical (unpaired) electrons. The summed E-state index contributed by atoms with van der Waals surface area (Å²) in [7, 11) is 3.03. The van der Waals surface area contributed by atoms with Crippen LogP contribution >= 0.6 is 0 Å². The number of nitrogens with two attached hydrogens (primary N) is 1. The Kier molecular flexibility index (Phi) is 4.24. The topological polar surface area (TPSA) is 62.3 Å². The monoisotopic (exact) mass is 279 g/mol. The number of aromatic nitrogens is 2. The molecule has 5 nitrogen and oxygen atoms in total. The minimum atomic E-state index is -0.654. The Labute approximate surface area is 117 Å². The van der Waals surface area contributed by atoms with E-state index in [4.69, 9.17) is 15.2 Å². The number of methoxy groups -OCH3 is 2. The van der Waals surface area contributed by atoms with Gasteiger partial charge in [-0.3, -0.25) is 4.68 Å². The van der Waals surface area contributed by atoms with Gasteiger partial charge in [-0.05, 0) is 13.0 Å². The van der Waals surface area contributed by atoms with E-state index in [0.29, 0.717) is 29.3 Å². The first-order valence-corrected chi connectivity index (χ1v) is 6.31. The normalized spacial score (nSPS) is 12.2. The molecule has 0 aliphatic heterocycles. The van der Waals surface area contributed by atoms with Crippen LogP contribution in [0, 0.1) is 5.82 Å². The molecule has 2 rings (SSSR count). The van der Waals surface area contributed by atoms with E-state index >= 15 is 0 Å². The smallest absolute Gasteiger partial charge is 0.161 e. The zero-order chi connectivity index (χ0) is 14.7. The van der Waals surface area contributed by atoms with Crippen LogP contribution in [-0.2, 0) is 6.54 Å². The summed E-state index contributed by atoms with van der Waals surface area (Å²) >= 11 is 0. The molecule has 2 aromatic rings. The van der Waals surface area contributed by atoms with Crippen LogP contribution in [-0.4, -0.2) is 24.0 Å². The fourth-order valence-corrected chi connectivity index (χ4v) is 2.14. The number of ether oxygens (including phenoxy) is 2. The number of nitrogens with zero attached hydrogens (tertiary/aromatic N) is 2. The first kappa shape index (κ1) is 14.3. The van der Waals surface area contributed by atoms with Crippen molar-refractivity contribution < 1.29 is 13.9 Å². The average molecular weight is 279 g/mol. The molecule has 1 unspecified atom stereocenters. The minimum Gasteiger partial charge on any atom is -0.497 e.